The third-order valence-electron chi connectivity index (χ3n) is 3.14. The Labute approximate surface area is 123 Å². The van der Waals surface area contributed by atoms with Crippen LogP contribution in [0.25, 0.3) is 0 Å². The molecule has 0 aliphatic carbocycles. The zero-order valence-electron chi connectivity index (χ0n) is 12.8. The number of likely N-dealkylation sites (N-methyl/N-ethyl adjacent to an activating group) is 1. The van der Waals surface area contributed by atoms with E-state index in [1.165, 1.54) is 0 Å². The smallest absolute Gasteiger partial charge is 0.222 e. The summed E-state index contributed by atoms with van der Waals surface area (Å²) in [6.07, 6.45) is 1.20. The van der Waals surface area contributed by atoms with Gasteiger partial charge < -0.3 is 15.5 Å². The molecule has 0 radical (unpaired) electrons. The highest BCUT2D eigenvalue weighted by molar-refractivity contribution is 7.80. The van der Waals surface area contributed by atoms with Crippen molar-refractivity contribution >= 4 is 23.1 Å². The van der Waals surface area contributed by atoms with E-state index in [-0.39, 0.29) is 5.91 Å². The lowest BCUT2D eigenvalue weighted by Crippen LogP contribution is -2.40. The molecule has 112 valence electrons. The number of carbonyl (C=O) groups is 1. The number of hydrogen-bond donors (Lipinski definition) is 1. The van der Waals surface area contributed by atoms with Gasteiger partial charge in [-0.1, -0.05) is 39.9 Å². The highest BCUT2D eigenvalue weighted by atomic mass is 32.1. The van der Waals surface area contributed by atoms with Gasteiger partial charge in [0.05, 0.1) is 4.99 Å². The van der Waals surface area contributed by atoms with Gasteiger partial charge in [-0.15, -0.1) is 0 Å². The van der Waals surface area contributed by atoms with Gasteiger partial charge in [0, 0.05) is 32.5 Å². The van der Waals surface area contributed by atoms with Crippen LogP contribution in [0.3, 0.4) is 0 Å². The van der Waals surface area contributed by atoms with Crippen molar-refractivity contribution in [3.63, 3.8) is 0 Å². The van der Waals surface area contributed by atoms with E-state index in [0.29, 0.717) is 30.3 Å². The number of carbonyl (C=O) groups excluding carboxylic acids is 1. The van der Waals surface area contributed by atoms with Gasteiger partial charge in [0.15, 0.2) is 0 Å². The lowest BCUT2D eigenvalue weighted by Gasteiger charge is -2.27. The van der Waals surface area contributed by atoms with Gasteiger partial charge in [0.25, 0.3) is 0 Å². The Morgan fingerprint density at radius 2 is 1.74 bits per heavy atom. The Morgan fingerprint density at radius 1 is 1.16 bits per heavy atom. The predicted octanol–water partition coefficient (Wildman–Crippen LogP) is 1.88. The Balaban J connectivity index is 4.39. The number of hydrogen-bond acceptors (Lipinski definition) is 3. The molecule has 0 aromatic heterocycles. The number of nitrogens with zero attached hydrogens (tertiary/aromatic N) is 2. The summed E-state index contributed by atoms with van der Waals surface area (Å²) < 4.78 is 0. The molecular formula is C14H29N3OS. The lowest BCUT2D eigenvalue weighted by atomic mass is 10.1. The standard InChI is InChI=1S/C14H29N3OS/c1-5-16(6-2)9-10-17(8-7-13(15)19)14(18)11-12(3)4/h12H,5-11H2,1-4H3,(H2,15,19). The minimum Gasteiger partial charge on any atom is -0.393 e. The highest BCUT2D eigenvalue weighted by Crippen LogP contribution is 2.05. The first-order valence-electron chi connectivity index (χ1n) is 7.19. The fourth-order valence-electron chi connectivity index (χ4n) is 1.89. The molecule has 0 saturated heterocycles. The molecule has 0 aliphatic rings. The van der Waals surface area contributed by atoms with Crippen molar-refractivity contribution in [2.75, 3.05) is 32.7 Å². The van der Waals surface area contributed by atoms with E-state index >= 15 is 0 Å². The second-order valence-electron chi connectivity index (χ2n) is 5.22. The van der Waals surface area contributed by atoms with Gasteiger partial charge in [-0.3, -0.25) is 4.79 Å². The molecule has 4 nitrogen and oxygen atoms in total. The number of thiocarbonyl (C=S) groups is 1. The van der Waals surface area contributed by atoms with E-state index < -0.39 is 0 Å². The number of nitrogens with two attached hydrogens (primary N) is 1. The maximum Gasteiger partial charge on any atom is 0.222 e. The second-order valence-corrected chi connectivity index (χ2v) is 5.75. The van der Waals surface area contributed by atoms with Gasteiger partial charge in [0.2, 0.25) is 5.91 Å². The molecule has 0 rings (SSSR count). The van der Waals surface area contributed by atoms with Crippen LogP contribution in [0.5, 0.6) is 0 Å². The normalized spacial score (nSPS) is 11.1. The molecule has 0 spiro atoms. The molecule has 0 saturated carbocycles. The van der Waals surface area contributed by atoms with E-state index in [1.807, 2.05) is 4.90 Å². The molecule has 2 N–H and O–H groups in total. The van der Waals surface area contributed by atoms with Gasteiger partial charge >= 0.3 is 0 Å². The highest BCUT2D eigenvalue weighted by Gasteiger charge is 2.15. The summed E-state index contributed by atoms with van der Waals surface area (Å²) in [4.78, 5) is 16.9. The van der Waals surface area contributed by atoms with Crippen LogP contribution in [0.2, 0.25) is 0 Å². The third kappa shape index (κ3) is 8.94. The quantitative estimate of drug-likeness (QED) is 0.623. The fraction of sp³-hybridized carbons (Fsp3) is 0.857. The average molecular weight is 287 g/mol. The molecule has 0 aromatic rings. The minimum absolute atomic E-state index is 0.207. The van der Waals surface area contributed by atoms with Crippen LogP contribution in [0, 0.1) is 5.92 Å². The van der Waals surface area contributed by atoms with E-state index in [2.05, 4.69) is 32.6 Å². The third-order valence-corrected chi connectivity index (χ3v) is 3.35. The molecule has 0 atom stereocenters. The zero-order chi connectivity index (χ0) is 14.8. The maximum absolute atomic E-state index is 12.2. The van der Waals surface area contributed by atoms with Crippen LogP contribution < -0.4 is 5.73 Å². The lowest BCUT2D eigenvalue weighted by molar-refractivity contribution is -0.132. The van der Waals surface area contributed by atoms with Crippen molar-refractivity contribution in [3.8, 4) is 0 Å². The van der Waals surface area contributed by atoms with Crippen LogP contribution in [0.1, 0.15) is 40.5 Å². The summed E-state index contributed by atoms with van der Waals surface area (Å²) in [6, 6.07) is 0. The molecule has 0 unspecified atom stereocenters. The topological polar surface area (TPSA) is 49.6 Å². The first kappa shape index (κ1) is 18.3. The summed E-state index contributed by atoms with van der Waals surface area (Å²) in [6.45, 7) is 12.7. The molecule has 19 heavy (non-hydrogen) atoms. The van der Waals surface area contributed by atoms with E-state index in [1.54, 1.807) is 0 Å². The maximum atomic E-state index is 12.2. The van der Waals surface area contributed by atoms with Crippen molar-refractivity contribution in [2.45, 2.75) is 40.5 Å². The monoisotopic (exact) mass is 287 g/mol. The summed E-state index contributed by atoms with van der Waals surface area (Å²) in [5.74, 6) is 0.590. The minimum atomic E-state index is 0.207. The molecule has 0 heterocycles. The van der Waals surface area contributed by atoms with Crippen molar-refractivity contribution in [2.24, 2.45) is 11.7 Å². The van der Waals surface area contributed by atoms with Crippen LogP contribution in [-0.4, -0.2) is 53.4 Å². The number of amides is 1. The van der Waals surface area contributed by atoms with E-state index in [4.69, 9.17) is 18.0 Å². The Morgan fingerprint density at radius 3 is 2.16 bits per heavy atom. The first-order chi connectivity index (χ1) is 8.90. The van der Waals surface area contributed by atoms with Crippen molar-refractivity contribution in [3.05, 3.63) is 0 Å². The summed E-state index contributed by atoms with van der Waals surface area (Å²) in [7, 11) is 0. The molecule has 0 aromatic carbocycles. The fourth-order valence-corrected chi connectivity index (χ4v) is 1.98. The van der Waals surface area contributed by atoms with Crippen LogP contribution in [0.4, 0.5) is 0 Å². The molecule has 0 bridgehead atoms. The van der Waals surface area contributed by atoms with Gasteiger partial charge in [-0.05, 0) is 19.0 Å². The van der Waals surface area contributed by atoms with Gasteiger partial charge in [-0.25, -0.2) is 0 Å². The van der Waals surface area contributed by atoms with Crippen LogP contribution in [0.15, 0.2) is 0 Å². The van der Waals surface area contributed by atoms with Gasteiger partial charge in [0.1, 0.15) is 0 Å². The molecular weight excluding hydrogens is 258 g/mol. The molecule has 0 fully saturated rings. The Hall–Kier alpha value is -0.680. The van der Waals surface area contributed by atoms with Crippen LogP contribution >= 0.6 is 12.2 Å². The van der Waals surface area contributed by atoms with Crippen LogP contribution in [-0.2, 0) is 4.79 Å². The number of rotatable bonds is 10. The van der Waals surface area contributed by atoms with E-state index in [0.717, 1.165) is 26.2 Å². The van der Waals surface area contributed by atoms with Crippen molar-refractivity contribution in [1.29, 1.82) is 0 Å². The van der Waals surface area contributed by atoms with Crippen molar-refractivity contribution < 1.29 is 4.79 Å². The molecule has 0 aliphatic heterocycles. The summed E-state index contributed by atoms with van der Waals surface area (Å²) in [5, 5.41) is 0. The molecule has 1 amide bonds. The predicted molar refractivity (Wildman–Crippen MR) is 85.2 cm³/mol. The SMILES string of the molecule is CCN(CC)CCN(CCC(N)=S)C(=O)CC(C)C. The average Bonchev–Trinajstić information content (AvgIpc) is 2.32. The van der Waals surface area contributed by atoms with Gasteiger partial charge in [-0.2, -0.15) is 0 Å². The Bertz CT molecular complexity index is 278. The van der Waals surface area contributed by atoms with E-state index in [9.17, 15) is 4.79 Å². The molecule has 5 heteroatoms. The summed E-state index contributed by atoms with van der Waals surface area (Å²) in [5.41, 5.74) is 5.53. The summed E-state index contributed by atoms with van der Waals surface area (Å²) >= 11 is 4.90. The zero-order valence-corrected chi connectivity index (χ0v) is 13.6. The second kappa shape index (κ2) is 10.1. The Kier molecular flexibility index (Phi) is 9.79. The van der Waals surface area contributed by atoms with Crippen molar-refractivity contribution in [1.82, 2.24) is 9.80 Å². The first-order valence-corrected chi connectivity index (χ1v) is 7.59. The largest absolute Gasteiger partial charge is 0.393 e.